The lowest BCUT2D eigenvalue weighted by Crippen LogP contribution is -2.16. The summed E-state index contributed by atoms with van der Waals surface area (Å²) in [5, 5.41) is 19.4. The van der Waals surface area contributed by atoms with Crippen LogP contribution in [0.5, 0.6) is 0 Å². The lowest BCUT2D eigenvalue weighted by molar-refractivity contribution is -0.118. The van der Waals surface area contributed by atoms with Gasteiger partial charge in [0, 0.05) is 30.9 Å². The molecule has 4 heterocycles. The van der Waals surface area contributed by atoms with E-state index in [1.54, 1.807) is 23.7 Å². The van der Waals surface area contributed by atoms with Crippen molar-refractivity contribution < 1.29 is 4.79 Å². The molecule has 0 spiro atoms. The highest BCUT2D eigenvalue weighted by Gasteiger charge is 2.17. The number of nitrogens with zero attached hydrogens (tertiary/aromatic N) is 6. The average Bonchev–Trinajstić information content (AvgIpc) is 3.45. The zero-order chi connectivity index (χ0) is 19.7. The van der Waals surface area contributed by atoms with Gasteiger partial charge in [-0.3, -0.25) is 14.9 Å². The van der Waals surface area contributed by atoms with E-state index in [1.165, 1.54) is 0 Å². The highest BCUT2D eigenvalue weighted by atomic mass is 32.1. The monoisotopic (exact) mass is 399 g/mol. The third-order valence-corrected chi connectivity index (χ3v) is 5.40. The normalized spacial score (nSPS) is 11.6. The number of thiazole rings is 1. The van der Waals surface area contributed by atoms with Crippen molar-refractivity contribution in [3.63, 3.8) is 0 Å². The smallest absolute Gasteiger partial charge is 0.332 e. The summed E-state index contributed by atoms with van der Waals surface area (Å²) in [6.45, 7) is 2.03. The van der Waals surface area contributed by atoms with Crippen LogP contribution in [-0.4, -0.2) is 52.6 Å². The van der Waals surface area contributed by atoms with Crippen LogP contribution in [0.2, 0.25) is 0 Å². The number of H-pyrrole nitrogens is 3. The maximum atomic E-state index is 11.3. The van der Waals surface area contributed by atoms with Crippen LogP contribution in [0, 0.1) is 6.92 Å². The van der Waals surface area contributed by atoms with Crippen molar-refractivity contribution >= 4 is 34.3 Å². The molecule has 0 atom stereocenters. The number of carbonyl (C=O) groups excluding carboxylic acids is 1. The quantitative estimate of drug-likeness (QED) is 0.238. The van der Waals surface area contributed by atoms with Crippen molar-refractivity contribution in [2.24, 2.45) is 12.1 Å². The van der Waals surface area contributed by atoms with Crippen LogP contribution in [0.3, 0.4) is 0 Å². The second-order valence-electron chi connectivity index (χ2n) is 6.13. The third kappa shape index (κ3) is 3.36. The van der Waals surface area contributed by atoms with Gasteiger partial charge in [0.05, 0.1) is 16.6 Å². The molecule has 0 fully saturated rings. The van der Waals surface area contributed by atoms with Gasteiger partial charge in [0.1, 0.15) is 11.6 Å². The van der Waals surface area contributed by atoms with E-state index in [4.69, 9.17) is 4.98 Å². The lowest BCUT2D eigenvalue weighted by Gasteiger charge is -2.07. The highest BCUT2D eigenvalue weighted by molar-refractivity contribution is 7.19. The Kier molecular flexibility index (Phi) is 4.61. The molecular weight excluding hydrogens is 382 g/mol. The molecule has 1 amide bonds. The molecule has 4 rings (SSSR count). The predicted octanol–water partition coefficient (Wildman–Crippen LogP) is 0.661. The Balaban J connectivity index is 1.62. The van der Waals surface area contributed by atoms with Crippen LogP contribution in [0.1, 0.15) is 27.8 Å². The Bertz CT molecular complexity index is 1190. The molecule has 4 aromatic rings. The summed E-state index contributed by atoms with van der Waals surface area (Å²) in [5.41, 5.74) is 3.24. The van der Waals surface area contributed by atoms with Gasteiger partial charge in [0.2, 0.25) is 6.41 Å². The molecule has 0 aromatic carbocycles. The molecular formula is C16H17N9O2S. The van der Waals surface area contributed by atoms with Crippen molar-refractivity contribution in [3.05, 3.63) is 50.5 Å². The van der Waals surface area contributed by atoms with Crippen molar-refractivity contribution in [1.82, 2.24) is 39.9 Å². The number of aryl methyl sites for hydroxylation is 1. The number of hydrogen-bond acceptors (Lipinski definition) is 7. The summed E-state index contributed by atoms with van der Waals surface area (Å²) in [6.07, 6.45) is 4.64. The summed E-state index contributed by atoms with van der Waals surface area (Å²) in [7, 11) is 1.94. The summed E-state index contributed by atoms with van der Waals surface area (Å²) in [5.74, 6) is 0.322. The maximum absolute atomic E-state index is 11.3. The molecule has 11 nitrogen and oxygen atoms in total. The molecule has 3 N–H and O–H groups in total. The first kappa shape index (κ1) is 17.9. The average molecular weight is 399 g/mol. The first-order valence-corrected chi connectivity index (χ1v) is 9.19. The Morgan fingerprint density at radius 2 is 2.25 bits per heavy atom. The van der Waals surface area contributed by atoms with Gasteiger partial charge in [-0.15, -0.1) is 11.3 Å². The molecule has 0 radical (unpaired) electrons. The number of nitrogens with one attached hydrogen (secondary N) is 3. The number of amides is 1. The number of carbonyl (C=O) groups is 1. The highest BCUT2D eigenvalue weighted by Crippen LogP contribution is 2.30. The van der Waals surface area contributed by atoms with Gasteiger partial charge in [-0.2, -0.15) is 15.3 Å². The topological polar surface area (TPSA) is 141 Å². The zero-order valence-electron chi connectivity index (χ0n) is 15.1. The van der Waals surface area contributed by atoms with Crippen molar-refractivity contribution in [1.29, 1.82) is 0 Å². The molecule has 12 heteroatoms. The van der Waals surface area contributed by atoms with E-state index in [9.17, 15) is 9.59 Å². The van der Waals surface area contributed by atoms with Crippen molar-refractivity contribution in [2.75, 3.05) is 0 Å². The van der Waals surface area contributed by atoms with E-state index >= 15 is 0 Å². The third-order valence-electron chi connectivity index (χ3n) is 4.32. The summed E-state index contributed by atoms with van der Waals surface area (Å²) in [6, 6.07) is 1.92. The molecule has 0 saturated carbocycles. The first-order valence-electron chi connectivity index (χ1n) is 8.38. The molecule has 0 unspecified atom stereocenters. The van der Waals surface area contributed by atoms with Gasteiger partial charge >= 0.3 is 5.69 Å². The number of aromatic amines is 3. The minimum absolute atomic E-state index is 0.0564. The maximum Gasteiger partial charge on any atom is 0.340 e. The number of hydrogen-bond donors (Lipinski definition) is 3. The fraction of sp³-hybridized carbons (Fsp3) is 0.250. The summed E-state index contributed by atoms with van der Waals surface area (Å²) < 4.78 is 2.99. The SMILES string of the molecule is Cc1c(/C=N\N(C=O)Cc2n[nH]c(=O)[nH]2)c2sc(Cc3cc[nH]n3)nc2n1C. The van der Waals surface area contributed by atoms with E-state index in [1.807, 2.05) is 24.6 Å². The standard InChI is InChI=1S/C16H17N9O2S/c1-9-11(6-18-25(8-26)7-12-19-16(27)23-22-12)14-15(24(9)2)20-13(28-14)5-10-3-4-17-21-10/h3-4,6,8H,5,7H2,1-2H3,(H,17,21)(H2,19,22,23,27)/b18-6-. The van der Waals surface area contributed by atoms with Gasteiger partial charge in [-0.05, 0) is 13.0 Å². The number of fused-ring (bicyclic) bond motifs is 1. The van der Waals surface area contributed by atoms with Gasteiger partial charge in [0.15, 0.2) is 11.5 Å². The molecule has 144 valence electrons. The minimum atomic E-state index is -0.431. The number of rotatable bonds is 7. The molecule has 28 heavy (non-hydrogen) atoms. The number of aromatic nitrogens is 7. The Morgan fingerprint density at radius 3 is 2.93 bits per heavy atom. The molecule has 0 aliphatic carbocycles. The van der Waals surface area contributed by atoms with Gasteiger partial charge in [0.25, 0.3) is 0 Å². The van der Waals surface area contributed by atoms with Crippen molar-refractivity contribution in [3.8, 4) is 0 Å². The van der Waals surface area contributed by atoms with Crippen molar-refractivity contribution in [2.45, 2.75) is 19.9 Å². The first-order chi connectivity index (χ1) is 13.5. The largest absolute Gasteiger partial charge is 0.340 e. The van der Waals surface area contributed by atoms with Gasteiger partial charge in [-0.25, -0.2) is 19.9 Å². The molecule has 4 aromatic heterocycles. The summed E-state index contributed by atoms with van der Waals surface area (Å²) >= 11 is 1.57. The van der Waals surface area contributed by atoms with Crippen LogP contribution >= 0.6 is 11.3 Å². The predicted molar refractivity (Wildman–Crippen MR) is 103 cm³/mol. The second-order valence-corrected chi connectivity index (χ2v) is 7.22. The second kappa shape index (κ2) is 7.23. The lowest BCUT2D eigenvalue weighted by atomic mass is 10.3. The molecule has 0 bridgehead atoms. The molecule has 0 aliphatic heterocycles. The Morgan fingerprint density at radius 1 is 1.39 bits per heavy atom. The van der Waals surface area contributed by atoms with Crippen LogP contribution in [-0.2, 0) is 24.8 Å². The molecule has 0 saturated heterocycles. The minimum Gasteiger partial charge on any atom is -0.332 e. The van der Waals surface area contributed by atoms with Gasteiger partial charge < -0.3 is 4.57 Å². The zero-order valence-corrected chi connectivity index (χ0v) is 15.9. The van der Waals surface area contributed by atoms with E-state index in [2.05, 4.69) is 30.5 Å². The fourth-order valence-corrected chi connectivity index (χ4v) is 3.98. The van der Waals surface area contributed by atoms with E-state index < -0.39 is 5.69 Å². The van der Waals surface area contributed by atoms with E-state index in [0.29, 0.717) is 18.7 Å². The van der Waals surface area contributed by atoms with Crippen LogP contribution in [0.15, 0.2) is 22.2 Å². The van der Waals surface area contributed by atoms with Crippen LogP contribution in [0.4, 0.5) is 0 Å². The Labute approximate surface area is 162 Å². The number of hydrazone groups is 1. The molecule has 0 aliphatic rings. The summed E-state index contributed by atoms with van der Waals surface area (Å²) in [4.78, 5) is 29.7. The van der Waals surface area contributed by atoms with Gasteiger partial charge in [-0.1, -0.05) is 0 Å². The van der Waals surface area contributed by atoms with E-state index in [-0.39, 0.29) is 6.54 Å². The van der Waals surface area contributed by atoms with E-state index in [0.717, 1.165) is 37.3 Å². The van der Waals surface area contributed by atoms with Crippen LogP contribution < -0.4 is 5.69 Å². The fourth-order valence-electron chi connectivity index (χ4n) is 2.80. The Hall–Kier alpha value is -3.54. The van der Waals surface area contributed by atoms with Crippen LogP contribution in [0.25, 0.3) is 10.3 Å².